The lowest BCUT2D eigenvalue weighted by Gasteiger charge is -2.62. The number of benzene rings is 1. The van der Waals surface area contributed by atoms with Gasteiger partial charge in [0.15, 0.2) is 0 Å². The lowest BCUT2D eigenvalue weighted by molar-refractivity contribution is -0.0483. The van der Waals surface area contributed by atoms with Crippen molar-refractivity contribution in [3.05, 3.63) is 34.6 Å². The molecule has 3 fully saturated rings. The summed E-state index contributed by atoms with van der Waals surface area (Å²) in [7, 11) is 0. The van der Waals surface area contributed by atoms with E-state index in [9.17, 15) is 4.39 Å². The van der Waals surface area contributed by atoms with E-state index in [1.165, 1.54) is 51.0 Å². The minimum absolute atomic E-state index is 0.147. The number of rotatable bonds is 4. The van der Waals surface area contributed by atoms with Gasteiger partial charge in [0.25, 0.3) is 0 Å². The highest BCUT2D eigenvalue weighted by Gasteiger charge is 2.58. The smallest absolute Gasteiger partial charge is 0.124 e. The summed E-state index contributed by atoms with van der Waals surface area (Å²) in [4.78, 5) is 0. The minimum Gasteiger partial charge on any atom is -0.313 e. The highest BCUT2D eigenvalue weighted by molar-refractivity contribution is 6.31. The van der Waals surface area contributed by atoms with Gasteiger partial charge in [-0.3, -0.25) is 0 Å². The van der Waals surface area contributed by atoms with Gasteiger partial charge in [-0.2, -0.15) is 0 Å². The van der Waals surface area contributed by atoms with Crippen LogP contribution in [0.25, 0.3) is 0 Å². The molecule has 3 saturated carbocycles. The topological polar surface area (TPSA) is 12.0 Å². The molecule has 0 atom stereocenters. The SMILES string of the molecule is Fc1ccc(C2(CNC3CC3)CC3(CCC3)C2)c(Cl)c1. The van der Waals surface area contributed by atoms with Gasteiger partial charge < -0.3 is 5.32 Å². The van der Waals surface area contributed by atoms with Gasteiger partial charge in [-0.15, -0.1) is 0 Å². The summed E-state index contributed by atoms with van der Waals surface area (Å²) in [6.45, 7) is 1.00. The summed E-state index contributed by atoms with van der Waals surface area (Å²) >= 11 is 6.34. The zero-order chi connectivity index (χ0) is 13.8. The van der Waals surface area contributed by atoms with E-state index < -0.39 is 0 Å². The van der Waals surface area contributed by atoms with Crippen LogP contribution in [0.5, 0.6) is 0 Å². The van der Waals surface area contributed by atoms with Crippen molar-refractivity contribution in [2.45, 2.75) is 56.4 Å². The molecule has 3 aliphatic rings. The van der Waals surface area contributed by atoms with Crippen LogP contribution in [0.3, 0.4) is 0 Å². The van der Waals surface area contributed by atoms with Crippen molar-refractivity contribution in [1.29, 1.82) is 0 Å². The molecule has 4 rings (SSSR count). The Hall–Kier alpha value is -0.600. The van der Waals surface area contributed by atoms with Crippen LogP contribution in [0.1, 0.15) is 50.5 Å². The fourth-order valence-corrected chi connectivity index (χ4v) is 4.74. The van der Waals surface area contributed by atoms with Crippen molar-refractivity contribution in [2.75, 3.05) is 6.54 Å². The summed E-state index contributed by atoms with van der Waals surface area (Å²) < 4.78 is 13.3. The summed E-state index contributed by atoms with van der Waals surface area (Å²) in [5.74, 6) is -0.235. The molecule has 0 aliphatic heterocycles. The first-order chi connectivity index (χ1) is 9.61. The Morgan fingerprint density at radius 3 is 2.55 bits per heavy atom. The Kier molecular flexibility index (Phi) is 2.91. The van der Waals surface area contributed by atoms with E-state index in [2.05, 4.69) is 5.32 Å². The van der Waals surface area contributed by atoms with Crippen LogP contribution in [0.2, 0.25) is 5.02 Å². The van der Waals surface area contributed by atoms with Crippen molar-refractivity contribution in [3.8, 4) is 0 Å². The minimum atomic E-state index is -0.235. The number of hydrogen-bond donors (Lipinski definition) is 1. The first kappa shape index (κ1) is 13.1. The number of nitrogens with one attached hydrogen (secondary N) is 1. The summed E-state index contributed by atoms with van der Waals surface area (Å²) in [6, 6.07) is 5.66. The van der Waals surface area contributed by atoms with E-state index in [4.69, 9.17) is 11.6 Å². The van der Waals surface area contributed by atoms with Crippen molar-refractivity contribution < 1.29 is 4.39 Å². The van der Waals surface area contributed by atoms with Gasteiger partial charge >= 0.3 is 0 Å². The van der Waals surface area contributed by atoms with E-state index in [0.29, 0.717) is 16.5 Å². The average molecular weight is 294 g/mol. The Labute approximate surface area is 124 Å². The summed E-state index contributed by atoms with van der Waals surface area (Å²) in [6.07, 6.45) is 9.18. The Morgan fingerprint density at radius 1 is 1.25 bits per heavy atom. The predicted octanol–water partition coefficient (Wildman–Crippen LogP) is 4.43. The maximum atomic E-state index is 13.3. The van der Waals surface area contributed by atoms with Gasteiger partial charge in [-0.05, 0) is 61.6 Å². The standard InChI is InChI=1S/C17H21ClFN/c18-15-8-12(19)2-5-14(15)17(11-20-13-3-4-13)9-16(10-17)6-1-7-16/h2,5,8,13,20H,1,3-4,6-7,9-11H2. The maximum Gasteiger partial charge on any atom is 0.124 e. The van der Waals surface area contributed by atoms with E-state index in [0.717, 1.165) is 12.1 Å². The molecule has 108 valence electrons. The van der Waals surface area contributed by atoms with Crippen LogP contribution in [0.15, 0.2) is 18.2 Å². The molecular weight excluding hydrogens is 273 g/mol. The monoisotopic (exact) mass is 293 g/mol. The molecule has 1 nitrogen and oxygen atoms in total. The van der Waals surface area contributed by atoms with Crippen LogP contribution in [-0.4, -0.2) is 12.6 Å². The Bertz CT molecular complexity index is 526. The van der Waals surface area contributed by atoms with E-state index >= 15 is 0 Å². The molecule has 0 amide bonds. The molecule has 0 unspecified atom stereocenters. The van der Waals surface area contributed by atoms with E-state index in [1.54, 1.807) is 6.07 Å². The fourth-order valence-electron chi connectivity index (χ4n) is 4.37. The summed E-state index contributed by atoms with van der Waals surface area (Å²) in [5, 5.41) is 4.28. The highest BCUT2D eigenvalue weighted by Crippen LogP contribution is 2.65. The molecule has 1 spiro atoms. The van der Waals surface area contributed by atoms with Crippen molar-refractivity contribution in [3.63, 3.8) is 0 Å². The first-order valence-corrected chi connectivity index (χ1v) is 8.18. The van der Waals surface area contributed by atoms with E-state index in [1.807, 2.05) is 6.07 Å². The fraction of sp³-hybridized carbons (Fsp3) is 0.647. The molecule has 3 heteroatoms. The molecule has 20 heavy (non-hydrogen) atoms. The average Bonchev–Trinajstić information content (AvgIpc) is 3.11. The highest BCUT2D eigenvalue weighted by atomic mass is 35.5. The predicted molar refractivity (Wildman–Crippen MR) is 79.6 cm³/mol. The third kappa shape index (κ3) is 2.08. The molecule has 0 heterocycles. The van der Waals surface area contributed by atoms with Gasteiger partial charge in [-0.25, -0.2) is 4.39 Å². The number of halogens is 2. The maximum absolute atomic E-state index is 13.3. The molecule has 1 aromatic rings. The van der Waals surface area contributed by atoms with Crippen LogP contribution >= 0.6 is 11.6 Å². The van der Waals surface area contributed by atoms with Crippen LogP contribution in [0.4, 0.5) is 4.39 Å². The normalized spacial score (nSPS) is 26.1. The molecule has 0 saturated heterocycles. The second kappa shape index (κ2) is 4.45. The first-order valence-electron chi connectivity index (χ1n) is 7.80. The van der Waals surface area contributed by atoms with Gasteiger partial charge in [0, 0.05) is 23.0 Å². The van der Waals surface area contributed by atoms with Crippen LogP contribution < -0.4 is 5.32 Å². The quantitative estimate of drug-likeness (QED) is 0.866. The van der Waals surface area contributed by atoms with Gasteiger partial charge in [0.1, 0.15) is 5.82 Å². The number of hydrogen-bond acceptors (Lipinski definition) is 1. The zero-order valence-corrected chi connectivity index (χ0v) is 12.5. The summed E-state index contributed by atoms with van der Waals surface area (Å²) in [5.41, 5.74) is 1.89. The molecule has 0 bridgehead atoms. The third-order valence-corrected chi connectivity index (χ3v) is 5.96. The second-order valence-corrected chi connectivity index (χ2v) is 7.67. The van der Waals surface area contributed by atoms with Gasteiger partial charge in [0.2, 0.25) is 0 Å². The largest absolute Gasteiger partial charge is 0.313 e. The Balaban J connectivity index is 1.60. The molecule has 0 aromatic heterocycles. The second-order valence-electron chi connectivity index (χ2n) is 7.27. The third-order valence-electron chi connectivity index (χ3n) is 5.65. The van der Waals surface area contributed by atoms with E-state index in [-0.39, 0.29) is 11.2 Å². The molecular formula is C17H21ClFN. The lowest BCUT2D eigenvalue weighted by Crippen LogP contribution is -2.57. The molecule has 3 aliphatic carbocycles. The van der Waals surface area contributed by atoms with Crippen LogP contribution in [-0.2, 0) is 5.41 Å². The van der Waals surface area contributed by atoms with Crippen molar-refractivity contribution >= 4 is 11.6 Å². The molecule has 1 N–H and O–H groups in total. The van der Waals surface area contributed by atoms with Gasteiger partial charge in [0.05, 0.1) is 0 Å². The zero-order valence-electron chi connectivity index (χ0n) is 11.7. The van der Waals surface area contributed by atoms with Gasteiger partial charge in [-0.1, -0.05) is 24.1 Å². The van der Waals surface area contributed by atoms with Crippen molar-refractivity contribution in [2.24, 2.45) is 5.41 Å². The molecule has 0 radical (unpaired) electrons. The Morgan fingerprint density at radius 2 is 2.00 bits per heavy atom. The molecule has 1 aromatic carbocycles. The van der Waals surface area contributed by atoms with Crippen LogP contribution in [0, 0.1) is 11.2 Å². The lowest BCUT2D eigenvalue weighted by atomic mass is 9.43. The van der Waals surface area contributed by atoms with Crippen molar-refractivity contribution in [1.82, 2.24) is 5.32 Å².